The molecule has 0 atom stereocenters. The number of ether oxygens (including phenoxy) is 2. The van der Waals surface area contributed by atoms with Gasteiger partial charge in [-0.15, -0.1) is 0 Å². The van der Waals surface area contributed by atoms with Gasteiger partial charge in [-0.05, 0) is 93.5 Å². The Balaban J connectivity index is 1.13. The van der Waals surface area contributed by atoms with Gasteiger partial charge in [0.25, 0.3) is 0 Å². The smallest absolute Gasteiger partial charge is 0.337 e. The molecule has 41 heavy (non-hydrogen) atoms. The van der Waals surface area contributed by atoms with Crippen molar-refractivity contribution in [2.75, 3.05) is 31.6 Å². The Bertz CT molecular complexity index is 1500. The Morgan fingerprint density at radius 1 is 0.829 bits per heavy atom. The van der Waals surface area contributed by atoms with Gasteiger partial charge in [-0.1, -0.05) is 18.2 Å². The number of aromatic nitrogens is 2. The first-order chi connectivity index (χ1) is 20.0. The summed E-state index contributed by atoms with van der Waals surface area (Å²) in [4.78, 5) is 39.8. The third-order valence-electron chi connectivity index (χ3n) is 7.16. The van der Waals surface area contributed by atoms with Crippen molar-refractivity contribution in [3.63, 3.8) is 0 Å². The van der Waals surface area contributed by atoms with E-state index >= 15 is 0 Å². The minimum Gasteiger partial charge on any atom is -0.466 e. The SMILES string of the molecule is CCOC(=O)C1CCN(CCC(=O)Nc2ccc(-n3ccn(-c4ccc(Oc5ccccc5)cc4)c3=O)cc2)CC1. The highest BCUT2D eigenvalue weighted by Gasteiger charge is 2.26. The first kappa shape index (κ1) is 27.9. The van der Waals surface area contributed by atoms with Crippen molar-refractivity contribution in [1.82, 2.24) is 14.0 Å². The van der Waals surface area contributed by atoms with E-state index in [0.717, 1.165) is 37.4 Å². The quantitative estimate of drug-likeness (QED) is 0.277. The van der Waals surface area contributed by atoms with Crippen molar-refractivity contribution in [2.45, 2.75) is 26.2 Å². The summed E-state index contributed by atoms with van der Waals surface area (Å²) in [6.45, 7) is 4.43. The number of carbonyl (C=O) groups excluding carboxylic acids is 2. The zero-order valence-corrected chi connectivity index (χ0v) is 23.1. The number of anilines is 1. The molecule has 9 heteroatoms. The molecule has 9 nitrogen and oxygen atoms in total. The predicted octanol–water partition coefficient (Wildman–Crippen LogP) is 5.02. The molecule has 1 saturated heterocycles. The molecule has 0 spiro atoms. The van der Waals surface area contributed by atoms with Crippen LogP contribution in [0.15, 0.2) is 96.1 Å². The van der Waals surface area contributed by atoms with Crippen LogP contribution in [0.1, 0.15) is 26.2 Å². The summed E-state index contributed by atoms with van der Waals surface area (Å²) < 4.78 is 14.1. The van der Waals surface area contributed by atoms with Gasteiger partial charge < -0.3 is 19.7 Å². The second-order valence-electron chi connectivity index (χ2n) is 9.94. The van der Waals surface area contributed by atoms with E-state index in [1.54, 1.807) is 45.8 Å². The Hall–Kier alpha value is -4.63. The normalized spacial score (nSPS) is 14.0. The molecule has 5 rings (SSSR count). The van der Waals surface area contributed by atoms with Crippen LogP contribution >= 0.6 is 0 Å². The minimum absolute atomic E-state index is 0.0389. The Kier molecular flexibility index (Phi) is 8.95. The fourth-order valence-corrected chi connectivity index (χ4v) is 4.91. The molecular weight excluding hydrogens is 520 g/mol. The van der Waals surface area contributed by atoms with E-state index < -0.39 is 0 Å². The van der Waals surface area contributed by atoms with Crippen LogP contribution in [-0.2, 0) is 14.3 Å². The maximum absolute atomic E-state index is 13.1. The molecule has 2 heterocycles. The van der Waals surface area contributed by atoms with E-state index in [1.165, 1.54) is 0 Å². The largest absolute Gasteiger partial charge is 0.466 e. The van der Waals surface area contributed by atoms with E-state index in [4.69, 9.17) is 9.47 Å². The molecule has 212 valence electrons. The number of amides is 1. The fourth-order valence-electron chi connectivity index (χ4n) is 4.91. The number of benzene rings is 3. The number of piperidine rings is 1. The van der Waals surface area contributed by atoms with Gasteiger partial charge in [-0.25, -0.2) is 4.79 Å². The van der Waals surface area contributed by atoms with Crippen LogP contribution in [-0.4, -0.2) is 52.2 Å². The second kappa shape index (κ2) is 13.1. The van der Waals surface area contributed by atoms with Crippen molar-refractivity contribution >= 4 is 17.6 Å². The summed E-state index contributed by atoms with van der Waals surface area (Å²) >= 11 is 0. The van der Waals surface area contributed by atoms with Gasteiger partial charge in [-0.2, -0.15) is 0 Å². The highest BCUT2D eigenvalue weighted by atomic mass is 16.5. The van der Waals surface area contributed by atoms with E-state index in [1.807, 2.05) is 61.5 Å². The van der Waals surface area contributed by atoms with Crippen molar-refractivity contribution in [1.29, 1.82) is 0 Å². The number of hydrogen-bond acceptors (Lipinski definition) is 6. The zero-order valence-electron chi connectivity index (χ0n) is 23.1. The summed E-state index contributed by atoms with van der Waals surface area (Å²) in [6.07, 6.45) is 5.33. The highest BCUT2D eigenvalue weighted by Crippen LogP contribution is 2.22. The monoisotopic (exact) mass is 554 g/mol. The Morgan fingerprint density at radius 2 is 1.41 bits per heavy atom. The number of para-hydroxylation sites is 1. The van der Waals surface area contributed by atoms with Gasteiger partial charge in [0.2, 0.25) is 5.91 Å². The molecule has 0 unspecified atom stereocenters. The van der Waals surface area contributed by atoms with Crippen LogP contribution in [0.25, 0.3) is 11.4 Å². The van der Waals surface area contributed by atoms with Crippen molar-refractivity contribution in [3.05, 3.63) is 102 Å². The zero-order chi connectivity index (χ0) is 28.6. The molecule has 3 aromatic carbocycles. The van der Waals surface area contributed by atoms with Gasteiger partial charge in [0.05, 0.1) is 23.9 Å². The molecular formula is C32H34N4O5. The summed E-state index contributed by atoms with van der Waals surface area (Å²) in [5.74, 6) is 1.20. The molecule has 0 aliphatic carbocycles. The maximum Gasteiger partial charge on any atom is 0.337 e. The lowest BCUT2D eigenvalue weighted by Gasteiger charge is -2.30. The lowest BCUT2D eigenvalue weighted by molar-refractivity contribution is -0.149. The van der Waals surface area contributed by atoms with E-state index in [2.05, 4.69) is 10.2 Å². The van der Waals surface area contributed by atoms with Crippen LogP contribution in [0, 0.1) is 5.92 Å². The maximum atomic E-state index is 13.1. The minimum atomic E-state index is -0.203. The topological polar surface area (TPSA) is 94.8 Å². The summed E-state index contributed by atoms with van der Waals surface area (Å²) in [7, 11) is 0. The van der Waals surface area contributed by atoms with Crippen LogP contribution in [0.5, 0.6) is 11.5 Å². The molecule has 1 N–H and O–H groups in total. The molecule has 4 aromatic rings. The lowest BCUT2D eigenvalue weighted by atomic mass is 9.97. The number of hydrogen-bond donors (Lipinski definition) is 1. The fraction of sp³-hybridized carbons (Fsp3) is 0.281. The highest BCUT2D eigenvalue weighted by molar-refractivity contribution is 5.90. The number of esters is 1. The number of nitrogens with zero attached hydrogens (tertiary/aromatic N) is 3. The number of likely N-dealkylation sites (tertiary alicyclic amines) is 1. The first-order valence-corrected chi connectivity index (χ1v) is 13.9. The molecule has 0 radical (unpaired) electrons. The molecule has 1 aliphatic heterocycles. The Morgan fingerprint density at radius 3 is 2.02 bits per heavy atom. The van der Waals surface area contributed by atoms with Crippen molar-refractivity contribution in [2.24, 2.45) is 5.92 Å². The first-order valence-electron chi connectivity index (χ1n) is 13.9. The number of rotatable bonds is 10. The van der Waals surface area contributed by atoms with Gasteiger partial charge in [0.1, 0.15) is 11.5 Å². The summed E-state index contributed by atoms with van der Waals surface area (Å²) in [5.41, 5.74) is 1.88. The molecule has 1 aromatic heterocycles. The van der Waals surface area contributed by atoms with Crippen LogP contribution in [0.3, 0.4) is 0 Å². The van der Waals surface area contributed by atoms with Gasteiger partial charge in [0, 0.05) is 31.0 Å². The third-order valence-corrected chi connectivity index (χ3v) is 7.16. The average molecular weight is 555 g/mol. The summed E-state index contributed by atoms with van der Waals surface area (Å²) in [5, 5.41) is 2.93. The third kappa shape index (κ3) is 7.12. The molecule has 1 aliphatic rings. The molecule has 1 fully saturated rings. The average Bonchev–Trinajstić information content (AvgIpc) is 3.39. The Labute approximate surface area is 238 Å². The molecule has 1 amide bonds. The van der Waals surface area contributed by atoms with Crippen LogP contribution < -0.4 is 15.7 Å². The van der Waals surface area contributed by atoms with Crippen molar-refractivity contribution < 1.29 is 19.1 Å². The summed E-state index contributed by atoms with van der Waals surface area (Å²) in [6, 6.07) is 24.0. The van der Waals surface area contributed by atoms with Crippen LogP contribution in [0.4, 0.5) is 5.69 Å². The van der Waals surface area contributed by atoms with Gasteiger partial charge in [-0.3, -0.25) is 18.7 Å². The number of nitrogens with one attached hydrogen (secondary N) is 1. The van der Waals surface area contributed by atoms with Gasteiger partial charge >= 0.3 is 11.7 Å². The second-order valence-corrected chi connectivity index (χ2v) is 9.94. The standard InChI is InChI=1S/C32H34N4O5/c1-2-40-31(38)24-16-19-34(20-17-24)21-18-30(37)33-25-8-10-26(11-9-25)35-22-23-36(32(35)39)27-12-14-29(15-13-27)41-28-6-4-3-5-7-28/h3-15,22-24H,2,16-21H2,1H3,(H,33,37). The predicted molar refractivity (Wildman–Crippen MR) is 157 cm³/mol. The lowest BCUT2D eigenvalue weighted by Crippen LogP contribution is -2.38. The number of carbonyl (C=O) groups is 2. The number of imidazole rings is 1. The van der Waals surface area contributed by atoms with Crippen LogP contribution in [0.2, 0.25) is 0 Å². The van der Waals surface area contributed by atoms with Crippen molar-refractivity contribution in [3.8, 4) is 22.9 Å². The van der Waals surface area contributed by atoms with E-state index in [9.17, 15) is 14.4 Å². The molecule has 0 saturated carbocycles. The van der Waals surface area contributed by atoms with E-state index in [0.29, 0.717) is 36.7 Å². The van der Waals surface area contributed by atoms with E-state index in [-0.39, 0.29) is 23.5 Å². The molecule has 0 bridgehead atoms. The van der Waals surface area contributed by atoms with Gasteiger partial charge in [0.15, 0.2) is 0 Å².